The predicted octanol–water partition coefficient (Wildman–Crippen LogP) is 1.65. The summed E-state index contributed by atoms with van der Waals surface area (Å²) in [4.78, 5) is 18.1. The number of aromatic nitrogens is 5. The standard InChI is InChI=1S/C12H16N6O2/c1-8-14-16-18(15-8)10-6-5-9(7-13-10)17(11(19)20)12(2,3)4/h5-7H,1-4H3,(H,19,20). The molecule has 0 aliphatic heterocycles. The SMILES string of the molecule is Cc1nnn(-c2ccc(N(C(=O)O)C(C)(C)C)cn2)n1. The summed E-state index contributed by atoms with van der Waals surface area (Å²) in [7, 11) is 0. The van der Waals surface area contributed by atoms with Crippen molar-refractivity contribution in [2.45, 2.75) is 33.2 Å². The molecule has 0 saturated heterocycles. The molecule has 0 aromatic carbocycles. The van der Waals surface area contributed by atoms with Crippen molar-refractivity contribution in [2.75, 3.05) is 4.90 Å². The van der Waals surface area contributed by atoms with Gasteiger partial charge in [0, 0.05) is 5.54 Å². The molecule has 0 aliphatic carbocycles. The first-order valence-corrected chi connectivity index (χ1v) is 6.05. The number of nitrogens with zero attached hydrogens (tertiary/aromatic N) is 6. The number of hydrogen-bond donors (Lipinski definition) is 1. The summed E-state index contributed by atoms with van der Waals surface area (Å²) in [5, 5.41) is 20.9. The Bertz CT molecular complexity index is 614. The van der Waals surface area contributed by atoms with Gasteiger partial charge in [-0.2, -0.15) is 0 Å². The second kappa shape index (κ2) is 4.87. The van der Waals surface area contributed by atoms with Crippen molar-refractivity contribution < 1.29 is 9.90 Å². The molecule has 8 heteroatoms. The van der Waals surface area contributed by atoms with Crippen LogP contribution in [0.2, 0.25) is 0 Å². The van der Waals surface area contributed by atoms with Crippen LogP contribution < -0.4 is 4.90 Å². The van der Waals surface area contributed by atoms with Gasteiger partial charge in [-0.3, -0.25) is 4.90 Å². The van der Waals surface area contributed by atoms with Gasteiger partial charge in [-0.25, -0.2) is 9.78 Å². The van der Waals surface area contributed by atoms with E-state index in [1.165, 1.54) is 15.9 Å². The molecule has 0 aliphatic rings. The first kappa shape index (κ1) is 13.9. The third kappa shape index (κ3) is 2.73. The predicted molar refractivity (Wildman–Crippen MR) is 71.9 cm³/mol. The Morgan fingerprint density at radius 1 is 1.35 bits per heavy atom. The monoisotopic (exact) mass is 276 g/mol. The summed E-state index contributed by atoms with van der Waals surface area (Å²) in [6, 6.07) is 3.32. The van der Waals surface area contributed by atoms with Gasteiger partial charge in [-0.05, 0) is 45.0 Å². The highest BCUT2D eigenvalue weighted by Gasteiger charge is 2.28. The number of rotatable bonds is 2. The topological polar surface area (TPSA) is 97.0 Å². The zero-order valence-electron chi connectivity index (χ0n) is 11.8. The first-order chi connectivity index (χ1) is 9.29. The third-order valence-electron chi connectivity index (χ3n) is 2.57. The van der Waals surface area contributed by atoms with Crippen molar-refractivity contribution in [3.63, 3.8) is 0 Å². The molecular formula is C12H16N6O2. The van der Waals surface area contributed by atoms with E-state index in [0.29, 0.717) is 17.3 Å². The Balaban J connectivity index is 2.34. The van der Waals surface area contributed by atoms with E-state index in [2.05, 4.69) is 20.4 Å². The average molecular weight is 276 g/mol. The minimum absolute atomic E-state index is 0.480. The van der Waals surface area contributed by atoms with Gasteiger partial charge in [0.05, 0.1) is 11.9 Å². The van der Waals surface area contributed by atoms with Crippen molar-refractivity contribution in [1.82, 2.24) is 25.2 Å². The summed E-state index contributed by atoms with van der Waals surface area (Å²) in [5.41, 5.74) is -0.0671. The lowest BCUT2D eigenvalue weighted by atomic mass is 10.1. The first-order valence-electron chi connectivity index (χ1n) is 6.05. The number of carboxylic acid groups (broad SMARTS) is 1. The number of anilines is 1. The molecule has 0 unspecified atom stereocenters. The normalized spacial score (nSPS) is 11.4. The minimum atomic E-state index is -1.03. The summed E-state index contributed by atoms with van der Waals surface area (Å²) in [6.07, 6.45) is 0.453. The number of hydrogen-bond acceptors (Lipinski definition) is 5. The smallest absolute Gasteiger partial charge is 0.412 e. The summed E-state index contributed by atoms with van der Waals surface area (Å²) >= 11 is 0. The Labute approximate surface area is 116 Å². The molecule has 0 fully saturated rings. The second-order valence-electron chi connectivity index (χ2n) is 5.29. The van der Waals surface area contributed by atoms with Gasteiger partial charge < -0.3 is 5.11 Å². The molecule has 2 rings (SSSR count). The molecule has 0 radical (unpaired) electrons. The van der Waals surface area contributed by atoms with Crippen LogP contribution in [0, 0.1) is 6.92 Å². The molecule has 0 spiro atoms. The van der Waals surface area contributed by atoms with Crippen molar-refractivity contribution in [2.24, 2.45) is 0 Å². The van der Waals surface area contributed by atoms with Crippen LogP contribution in [0.25, 0.3) is 5.82 Å². The van der Waals surface area contributed by atoms with Crippen LogP contribution in [0.4, 0.5) is 10.5 Å². The van der Waals surface area contributed by atoms with E-state index < -0.39 is 11.6 Å². The zero-order valence-corrected chi connectivity index (χ0v) is 11.8. The summed E-state index contributed by atoms with van der Waals surface area (Å²) < 4.78 is 0. The van der Waals surface area contributed by atoms with E-state index in [4.69, 9.17) is 0 Å². The fraction of sp³-hybridized carbons (Fsp3) is 0.417. The number of pyridine rings is 1. The van der Waals surface area contributed by atoms with E-state index in [0.717, 1.165) is 0 Å². The quantitative estimate of drug-likeness (QED) is 0.895. The van der Waals surface area contributed by atoms with Gasteiger partial charge in [0.1, 0.15) is 0 Å². The lowest BCUT2D eigenvalue weighted by molar-refractivity contribution is 0.195. The molecule has 2 heterocycles. The van der Waals surface area contributed by atoms with E-state index in [1.807, 2.05) is 20.8 Å². The average Bonchev–Trinajstić information content (AvgIpc) is 2.74. The molecule has 1 amide bonds. The highest BCUT2D eigenvalue weighted by Crippen LogP contribution is 2.23. The van der Waals surface area contributed by atoms with Crippen molar-refractivity contribution >= 4 is 11.8 Å². The van der Waals surface area contributed by atoms with Crippen LogP contribution in [0.5, 0.6) is 0 Å². The molecule has 2 aromatic rings. The Kier molecular flexibility index (Phi) is 3.39. The largest absolute Gasteiger partial charge is 0.465 e. The number of carbonyl (C=O) groups is 1. The lowest BCUT2D eigenvalue weighted by Crippen LogP contribution is -2.45. The van der Waals surface area contributed by atoms with Crippen LogP contribution >= 0.6 is 0 Å². The Morgan fingerprint density at radius 2 is 2.05 bits per heavy atom. The van der Waals surface area contributed by atoms with Gasteiger partial charge >= 0.3 is 6.09 Å². The van der Waals surface area contributed by atoms with Gasteiger partial charge in [0.25, 0.3) is 0 Å². The van der Waals surface area contributed by atoms with Crippen molar-refractivity contribution in [1.29, 1.82) is 0 Å². The van der Waals surface area contributed by atoms with E-state index in [1.54, 1.807) is 19.1 Å². The third-order valence-corrected chi connectivity index (χ3v) is 2.57. The van der Waals surface area contributed by atoms with Crippen molar-refractivity contribution in [3.05, 3.63) is 24.2 Å². The van der Waals surface area contributed by atoms with Crippen LogP contribution in [-0.2, 0) is 0 Å². The molecule has 106 valence electrons. The van der Waals surface area contributed by atoms with Gasteiger partial charge in [-0.1, -0.05) is 0 Å². The van der Waals surface area contributed by atoms with Crippen LogP contribution in [-0.4, -0.2) is 41.9 Å². The number of aryl methyl sites for hydroxylation is 1. The van der Waals surface area contributed by atoms with Crippen LogP contribution in [0.15, 0.2) is 18.3 Å². The second-order valence-corrected chi connectivity index (χ2v) is 5.29. The maximum atomic E-state index is 11.4. The zero-order chi connectivity index (χ0) is 14.9. The van der Waals surface area contributed by atoms with E-state index in [-0.39, 0.29) is 0 Å². The maximum absolute atomic E-state index is 11.4. The number of tetrazole rings is 1. The van der Waals surface area contributed by atoms with E-state index >= 15 is 0 Å². The molecule has 20 heavy (non-hydrogen) atoms. The molecule has 1 N–H and O–H groups in total. The highest BCUT2D eigenvalue weighted by atomic mass is 16.4. The van der Waals surface area contributed by atoms with Gasteiger partial charge in [-0.15, -0.1) is 15.0 Å². The van der Waals surface area contributed by atoms with Gasteiger partial charge in [0.15, 0.2) is 11.6 Å². The maximum Gasteiger partial charge on any atom is 0.412 e. The molecule has 0 bridgehead atoms. The fourth-order valence-corrected chi connectivity index (χ4v) is 1.79. The van der Waals surface area contributed by atoms with Crippen LogP contribution in [0.3, 0.4) is 0 Å². The molecule has 2 aromatic heterocycles. The summed E-state index contributed by atoms with van der Waals surface area (Å²) in [6.45, 7) is 7.18. The van der Waals surface area contributed by atoms with Crippen molar-refractivity contribution in [3.8, 4) is 5.82 Å². The Hall–Kier alpha value is -2.51. The molecular weight excluding hydrogens is 260 g/mol. The van der Waals surface area contributed by atoms with E-state index in [9.17, 15) is 9.90 Å². The van der Waals surface area contributed by atoms with Gasteiger partial charge in [0.2, 0.25) is 0 Å². The summed E-state index contributed by atoms with van der Waals surface area (Å²) in [5.74, 6) is 1.02. The lowest BCUT2D eigenvalue weighted by Gasteiger charge is -2.32. The molecule has 8 nitrogen and oxygen atoms in total. The highest BCUT2D eigenvalue weighted by molar-refractivity contribution is 5.87. The molecule has 0 saturated carbocycles. The number of amides is 1. The molecule has 0 atom stereocenters. The minimum Gasteiger partial charge on any atom is -0.465 e. The Morgan fingerprint density at radius 3 is 2.45 bits per heavy atom. The van der Waals surface area contributed by atoms with Crippen LogP contribution in [0.1, 0.15) is 26.6 Å². The fourth-order valence-electron chi connectivity index (χ4n) is 1.79.